The first kappa shape index (κ1) is 76.0. The standard InChI is InChI=1S/C16H22.2C15H20O.C15H20S.C13H16S.C12H16S.CH4/c1-11(2)15-12(3)14-9-7-6-8-13(14)10-16(15,4)5;1-10(2)14-13(16)9-11-7-5-6-8-12(11)15(14,3)4;1-10(2)13-9-11-7-5-6-8-12(11)14(16)15(13,3)4;1-10(2)14-11(3)12-8-6-7-9-13(12)16-15(14,4)5;1-9(2)12-8-14-13-7-5-4-6-11(13)10(12)3;1-9(2)11-7-10-5-3-4-6-12(10)13-8-11;/h6-9,11,15H,3,10H2,1-2,4-5H3;5-8,10,14H,9H2,1-4H3;5-8,10,13H,9H2,1-4H3;6-10,14H,3H2,1-2,4-5H3;4-7,9,12H,3,8H2,1-2H3;3-6,9,11H,7-8H2,1-2H3;1H4. The second-order valence-electron chi connectivity index (χ2n) is 31.3. The van der Waals surface area contributed by atoms with Gasteiger partial charge in [-0.2, -0.15) is 0 Å². The highest BCUT2D eigenvalue weighted by molar-refractivity contribution is 8.01. The first-order valence-corrected chi connectivity index (χ1v) is 37.1. The Balaban J connectivity index is 0.000000175. The Morgan fingerprint density at radius 1 is 0.413 bits per heavy atom. The molecule has 3 heterocycles. The van der Waals surface area contributed by atoms with Gasteiger partial charge in [0.05, 0.1) is 0 Å². The van der Waals surface area contributed by atoms with Crippen molar-refractivity contribution < 1.29 is 9.59 Å². The molecule has 6 atom stereocenters. The van der Waals surface area contributed by atoms with Crippen LogP contribution < -0.4 is 0 Å². The maximum atomic E-state index is 12.5. The van der Waals surface area contributed by atoms with Gasteiger partial charge < -0.3 is 0 Å². The van der Waals surface area contributed by atoms with Crippen LogP contribution in [0.2, 0.25) is 0 Å². The number of allylic oxidation sites excluding steroid dienone is 3. The molecule has 92 heavy (non-hydrogen) atoms. The molecular formula is C87H118O2S3. The van der Waals surface area contributed by atoms with Crippen LogP contribution in [0.1, 0.15) is 201 Å². The minimum absolute atomic E-state index is 0. The summed E-state index contributed by atoms with van der Waals surface area (Å²) in [5.74, 6) is 10.3. The third-order valence-corrected chi connectivity index (χ3v) is 24.8. The largest absolute Gasteiger partial charge is 0.299 e. The summed E-state index contributed by atoms with van der Waals surface area (Å²) in [6.45, 7) is 58.1. The molecule has 0 aromatic heterocycles. The molecule has 2 nitrogen and oxygen atoms in total. The van der Waals surface area contributed by atoms with Crippen molar-refractivity contribution in [1.82, 2.24) is 0 Å². The monoisotopic (exact) mass is 1290 g/mol. The molecule has 496 valence electrons. The lowest BCUT2D eigenvalue weighted by Gasteiger charge is -2.43. The molecule has 0 bridgehead atoms. The lowest BCUT2D eigenvalue weighted by Crippen LogP contribution is -2.43. The fourth-order valence-corrected chi connectivity index (χ4v) is 21.0. The third-order valence-electron chi connectivity index (χ3n) is 20.9. The summed E-state index contributed by atoms with van der Waals surface area (Å²) in [5, 5.41) is 0. The van der Waals surface area contributed by atoms with Crippen LogP contribution in [0, 0.1) is 81.8 Å². The van der Waals surface area contributed by atoms with E-state index < -0.39 is 0 Å². The van der Waals surface area contributed by atoms with Crippen molar-refractivity contribution in [3.05, 3.63) is 215 Å². The van der Waals surface area contributed by atoms with Crippen LogP contribution >= 0.6 is 35.3 Å². The summed E-state index contributed by atoms with van der Waals surface area (Å²) in [5.41, 5.74) is 15.9. The van der Waals surface area contributed by atoms with Gasteiger partial charge in [-0.05, 0) is 183 Å². The molecule has 6 aliphatic rings. The predicted octanol–water partition coefficient (Wildman–Crippen LogP) is 24.8. The zero-order valence-corrected chi connectivity index (χ0v) is 62.1. The van der Waals surface area contributed by atoms with E-state index in [0.29, 0.717) is 76.7 Å². The van der Waals surface area contributed by atoms with Gasteiger partial charge in [-0.1, -0.05) is 279 Å². The van der Waals surface area contributed by atoms with E-state index in [1.807, 2.05) is 59.6 Å². The number of thioether (sulfide) groups is 3. The van der Waals surface area contributed by atoms with Crippen molar-refractivity contribution >= 4 is 63.6 Å². The van der Waals surface area contributed by atoms with E-state index in [-0.39, 0.29) is 28.9 Å². The highest BCUT2D eigenvalue weighted by atomic mass is 32.2. The Kier molecular flexibility index (Phi) is 26.5. The van der Waals surface area contributed by atoms with Crippen LogP contribution in [0.5, 0.6) is 0 Å². The van der Waals surface area contributed by atoms with Gasteiger partial charge in [0.15, 0.2) is 5.78 Å². The summed E-state index contributed by atoms with van der Waals surface area (Å²) < 4.78 is 0.250. The first-order valence-electron chi connectivity index (χ1n) is 34.3. The third kappa shape index (κ3) is 17.5. The van der Waals surface area contributed by atoms with E-state index in [1.165, 1.54) is 94.7 Å². The summed E-state index contributed by atoms with van der Waals surface area (Å²) in [6, 6.07) is 51.2. The fraction of sp³-hybridized carbons (Fsp3) is 0.494. The number of hydrogen-bond donors (Lipinski definition) is 0. The molecule has 3 aliphatic carbocycles. The highest BCUT2D eigenvalue weighted by Crippen LogP contribution is 2.54. The molecule has 0 saturated heterocycles. The summed E-state index contributed by atoms with van der Waals surface area (Å²) in [4.78, 5) is 28.9. The van der Waals surface area contributed by atoms with Crippen LogP contribution in [0.25, 0.3) is 16.7 Å². The summed E-state index contributed by atoms with van der Waals surface area (Å²) >= 11 is 5.99. The van der Waals surface area contributed by atoms with Gasteiger partial charge in [0.25, 0.3) is 0 Å². The van der Waals surface area contributed by atoms with Crippen LogP contribution in [0.4, 0.5) is 0 Å². The number of rotatable bonds is 6. The highest BCUT2D eigenvalue weighted by Gasteiger charge is 2.45. The number of benzene rings is 6. The maximum absolute atomic E-state index is 12.5. The Morgan fingerprint density at radius 3 is 1.42 bits per heavy atom. The predicted molar refractivity (Wildman–Crippen MR) is 409 cm³/mol. The molecule has 6 unspecified atom stereocenters. The van der Waals surface area contributed by atoms with Gasteiger partial charge in [0, 0.05) is 60.2 Å². The summed E-state index contributed by atoms with van der Waals surface area (Å²) in [7, 11) is 0. The van der Waals surface area contributed by atoms with Crippen molar-refractivity contribution in [2.24, 2.45) is 81.8 Å². The molecule has 12 rings (SSSR count). The van der Waals surface area contributed by atoms with E-state index in [1.54, 1.807) is 5.56 Å². The molecule has 5 heteroatoms. The van der Waals surface area contributed by atoms with Gasteiger partial charge in [-0.3, -0.25) is 9.59 Å². The molecule has 0 fully saturated rings. The minimum Gasteiger partial charge on any atom is -0.299 e. The smallest absolute Gasteiger partial charge is 0.169 e. The van der Waals surface area contributed by atoms with Crippen molar-refractivity contribution in [1.29, 1.82) is 0 Å². The second kappa shape index (κ2) is 32.1. The van der Waals surface area contributed by atoms with Gasteiger partial charge >= 0.3 is 0 Å². The zero-order chi connectivity index (χ0) is 67.1. The lowest BCUT2D eigenvalue weighted by molar-refractivity contribution is -0.126. The number of carbonyl (C=O) groups is 2. The van der Waals surface area contributed by atoms with Crippen molar-refractivity contribution in [3.8, 4) is 0 Å². The van der Waals surface area contributed by atoms with E-state index in [0.717, 1.165) is 23.8 Å². The van der Waals surface area contributed by atoms with Crippen molar-refractivity contribution in [3.63, 3.8) is 0 Å². The average Bonchev–Trinajstić information content (AvgIpc) is 0.794. The normalized spacial score (nSPS) is 22.5. The number of Topliss-reactive ketones (excluding diaryl/α,β-unsaturated/α-hetero) is 2. The fourth-order valence-electron chi connectivity index (χ4n) is 16.6. The van der Waals surface area contributed by atoms with Gasteiger partial charge in [-0.25, -0.2) is 0 Å². The van der Waals surface area contributed by atoms with Gasteiger partial charge in [0.1, 0.15) is 5.78 Å². The van der Waals surface area contributed by atoms with Crippen molar-refractivity contribution in [2.75, 3.05) is 11.5 Å². The van der Waals surface area contributed by atoms with Crippen LogP contribution in [0.3, 0.4) is 0 Å². The van der Waals surface area contributed by atoms with E-state index in [4.69, 9.17) is 0 Å². The van der Waals surface area contributed by atoms with Crippen LogP contribution in [0.15, 0.2) is 180 Å². The maximum Gasteiger partial charge on any atom is 0.169 e. The van der Waals surface area contributed by atoms with E-state index in [2.05, 4.69) is 280 Å². The molecule has 0 saturated carbocycles. The Labute approximate surface area is 574 Å². The number of fused-ring (bicyclic) bond motifs is 6. The van der Waals surface area contributed by atoms with E-state index >= 15 is 0 Å². The molecule has 0 radical (unpaired) electrons. The lowest BCUT2D eigenvalue weighted by atomic mass is 9.61. The second-order valence-corrected chi connectivity index (χ2v) is 35.2. The molecule has 0 N–H and O–H groups in total. The quantitative estimate of drug-likeness (QED) is 0.166. The number of ketones is 2. The van der Waals surface area contributed by atoms with Gasteiger partial charge in [0.2, 0.25) is 0 Å². The van der Waals surface area contributed by atoms with Gasteiger partial charge in [-0.15, -0.1) is 35.3 Å². The van der Waals surface area contributed by atoms with Crippen LogP contribution in [-0.4, -0.2) is 27.8 Å². The Morgan fingerprint density at radius 2 is 0.870 bits per heavy atom. The average molecular weight is 1290 g/mol. The molecular weight excluding hydrogens is 1170 g/mol. The molecule has 3 aliphatic heterocycles. The molecule has 0 spiro atoms. The molecule has 6 aromatic rings. The Bertz CT molecular complexity index is 3400. The molecule has 6 aromatic carbocycles. The minimum atomic E-state index is -0.220. The van der Waals surface area contributed by atoms with Crippen LogP contribution in [-0.2, 0) is 35.9 Å². The number of carbonyl (C=O) groups excluding carboxylic acids is 2. The van der Waals surface area contributed by atoms with Crippen molar-refractivity contribution in [2.45, 2.75) is 196 Å². The SMILES string of the molecule is C.C=C1c2ccccc2CC(C)(C)C1C(C)C.C=C1c2ccccc2SC(C)(C)C1C(C)C.C=C1c2ccccc2SCC1C(C)C.CC(C)C1C(=O)Cc2ccccc2C1(C)C.CC(C)C1CSc2ccccc2C1.CC(C)C1Cc2ccccc2C(=O)C1(C)C. The van der Waals surface area contributed by atoms with E-state index in [9.17, 15) is 9.59 Å². The Hall–Kier alpha value is -5.07. The summed E-state index contributed by atoms with van der Waals surface area (Å²) in [6.07, 6.45) is 4.10. The molecule has 0 amide bonds. The topological polar surface area (TPSA) is 34.1 Å². The number of hydrogen-bond acceptors (Lipinski definition) is 5. The zero-order valence-electron chi connectivity index (χ0n) is 59.7. The first-order chi connectivity index (χ1) is 42.7.